The van der Waals surface area contributed by atoms with Crippen molar-refractivity contribution in [1.82, 2.24) is 0 Å². The van der Waals surface area contributed by atoms with Crippen LogP contribution in [0.4, 0.5) is 0 Å². The summed E-state index contributed by atoms with van der Waals surface area (Å²) in [6.45, 7) is 8.12. The highest BCUT2D eigenvalue weighted by molar-refractivity contribution is 5.54. The molecule has 0 aliphatic heterocycles. The lowest BCUT2D eigenvalue weighted by molar-refractivity contribution is 0.407. The zero-order valence-corrected chi connectivity index (χ0v) is 16.9. The minimum atomic E-state index is -0.573. The van der Waals surface area contributed by atoms with Crippen molar-refractivity contribution in [3.63, 3.8) is 0 Å². The molecule has 0 unspecified atom stereocenters. The van der Waals surface area contributed by atoms with Crippen molar-refractivity contribution < 1.29 is 15.3 Å². The molecule has 28 heavy (non-hydrogen) atoms. The lowest BCUT2D eigenvalue weighted by Gasteiger charge is -2.32. The molecule has 146 valence electrons. The fourth-order valence-corrected chi connectivity index (χ4v) is 3.97. The maximum atomic E-state index is 11.2. The van der Waals surface area contributed by atoms with Gasteiger partial charge in [-0.25, -0.2) is 0 Å². The largest absolute Gasteiger partial charge is 0.508 e. The molecule has 3 aromatic carbocycles. The van der Waals surface area contributed by atoms with Gasteiger partial charge in [0.25, 0.3) is 0 Å². The third-order valence-electron chi connectivity index (χ3n) is 5.64. The van der Waals surface area contributed by atoms with Crippen LogP contribution in [0.1, 0.15) is 49.9 Å². The summed E-state index contributed by atoms with van der Waals surface area (Å²) in [5.41, 5.74) is 2.22. The van der Waals surface area contributed by atoms with E-state index in [1.54, 1.807) is 24.3 Å². The standard InChI is InChI=1S/C25H28O3/c1-24(2,16-17-10-5-7-14-21(17)26)19-12-9-13-20(23(19)28)25(3,4)18-11-6-8-15-22(18)27/h5-15,26-28H,16H2,1-4H3. The van der Waals surface area contributed by atoms with Crippen molar-refractivity contribution in [2.75, 3.05) is 0 Å². The molecule has 0 fully saturated rings. The number of phenols is 3. The Hall–Kier alpha value is -2.94. The summed E-state index contributed by atoms with van der Waals surface area (Å²) in [7, 11) is 0. The molecule has 0 spiro atoms. The first-order valence-electron chi connectivity index (χ1n) is 9.53. The Kier molecular flexibility index (Phi) is 5.12. The minimum Gasteiger partial charge on any atom is -0.508 e. The summed E-state index contributed by atoms with van der Waals surface area (Å²) in [5.74, 6) is 0.711. The molecule has 0 saturated heterocycles. The second-order valence-corrected chi connectivity index (χ2v) is 8.53. The molecule has 3 rings (SSSR count). The van der Waals surface area contributed by atoms with Gasteiger partial charge in [0.2, 0.25) is 0 Å². The molecule has 3 nitrogen and oxygen atoms in total. The molecule has 0 aliphatic carbocycles. The Morgan fingerprint density at radius 2 is 1.14 bits per heavy atom. The average Bonchev–Trinajstić information content (AvgIpc) is 2.63. The van der Waals surface area contributed by atoms with Crippen LogP contribution in [0.25, 0.3) is 0 Å². The van der Waals surface area contributed by atoms with Crippen LogP contribution < -0.4 is 0 Å². The highest BCUT2D eigenvalue weighted by Crippen LogP contribution is 2.45. The summed E-state index contributed by atoms with van der Waals surface area (Å²) in [6.07, 6.45) is 0.591. The minimum absolute atomic E-state index is 0.214. The molecule has 0 aliphatic rings. The number of para-hydroxylation sites is 3. The van der Waals surface area contributed by atoms with E-state index in [9.17, 15) is 15.3 Å². The van der Waals surface area contributed by atoms with E-state index in [1.165, 1.54) is 0 Å². The molecule has 0 atom stereocenters. The number of phenolic OH excluding ortho intramolecular Hbond substituents is 3. The van der Waals surface area contributed by atoms with E-state index < -0.39 is 10.8 Å². The van der Waals surface area contributed by atoms with Crippen LogP contribution in [0.2, 0.25) is 0 Å². The molecule has 0 saturated carbocycles. The van der Waals surface area contributed by atoms with Gasteiger partial charge in [0.05, 0.1) is 0 Å². The Morgan fingerprint density at radius 3 is 1.79 bits per heavy atom. The number of hydrogen-bond donors (Lipinski definition) is 3. The van der Waals surface area contributed by atoms with Crippen LogP contribution in [-0.4, -0.2) is 15.3 Å². The predicted octanol–water partition coefficient (Wildman–Crippen LogP) is 5.65. The van der Waals surface area contributed by atoms with Crippen molar-refractivity contribution in [1.29, 1.82) is 0 Å². The van der Waals surface area contributed by atoms with E-state index in [0.29, 0.717) is 6.42 Å². The van der Waals surface area contributed by atoms with Crippen molar-refractivity contribution in [2.45, 2.75) is 44.9 Å². The van der Waals surface area contributed by atoms with Gasteiger partial charge in [-0.15, -0.1) is 0 Å². The predicted molar refractivity (Wildman–Crippen MR) is 113 cm³/mol. The summed E-state index contributed by atoms with van der Waals surface area (Å²) in [5, 5.41) is 31.7. The van der Waals surface area contributed by atoms with Crippen molar-refractivity contribution in [2.24, 2.45) is 0 Å². The van der Waals surface area contributed by atoms with Gasteiger partial charge < -0.3 is 15.3 Å². The van der Waals surface area contributed by atoms with Gasteiger partial charge in [0, 0.05) is 22.1 Å². The van der Waals surface area contributed by atoms with Gasteiger partial charge in [-0.3, -0.25) is 0 Å². The van der Waals surface area contributed by atoms with Gasteiger partial charge in [-0.05, 0) is 29.5 Å². The normalized spacial score (nSPS) is 12.1. The van der Waals surface area contributed by atoms with E-state index in [0.717, 1.165) is 22.3 Å². The van der Waals surface area contributed by atoms with Gasteiger partial charge in [-0.1, -0.05) is 82.3 Å². The molecule has 0 aromatic heterocycles. The summed E-state index contributed by atoms with van der Waals surface area (Å²) in [4.78, 5) is 0. The zero-order valence-electron chi connectivity index (χ0n) is 16.9. The van der Waals surface area contributed by atoms with E-state index in [-0.39, 0.29) is 17.2 Å². The van der Waals surface area contributed by atoms with Crippen LogP contribution in [0, 0.1) is 0 Å². The molecular formula is C25H28O3. The van der Waals surface area contributed by atoms with E-state index in [2.05, 4.69) is 13.8 Å². The third kappa shape index (κ3) is 3.57. The summed E-state index contributed by atoms with van der Waals surface area (Å²) in [6, 6.07) is 20.3. The monoisotopic (exact) mass is 376 g/mol. The van der Waals surface area contributed by atoms with Crippen molar-refractivity contribution in [3.05, 3.63) is 89.0 Å². The van der Waals surface area contributed by atoms with Crippen LogP contribution in [-0.2, 0) is 17.3 Å². The summed E-state index contributed by atoms with van der Waals surface area (Å²) >= 11 is 0. The second-order valence-electron chi connectivity index (χ2n) is 8.53. The summed E-state index contributed by atoms with van der Waals surface area (Å²) < 4.78 is 0. The van der Waals surface area contributed by atoms with Gasteiger partial charge in [0.1, 0.15) is 17.2 Å². The molecule has 3 heteroatoms. The first-order valence-corrected chi connectivity index (χ1v) is 9.53. The van der Waals surface area contributed by atoms with E-state index in [4.69, 9.17) is 0 Å². The zero-order chi connectivity index (χ0) is 20.5. The number of aromatic hydroxyl groups is 3. The van der Waals surface area contributed by atoms with Crippen molar-refractivity contribution >= 4 is 0 Å². The molecule has 0 amide bonds. The van der Waals surface area contributed by atoms with Crippen LogP contribution in [0.15, 0.2) is 66.7 Å². The van der Waals surface area contributed by atoms with E-state index in [1.807, 2.05) is 56.3 Å². The smallest absolute Gasteiger partial charge is 0.123 e. The fourth-order valence-electron chi connectivity index (χ4n) is 3.97. The van der Waals surface area contributed by atoms with Gasteiger partial charge in [0.15, 0.2) is 0 Å². The number of hydrogen-bond acceptors (Lipinski definition) is 3. The Morgan fingerprint density at radius 1 is 0.607 bits per heavy atom. The lowest BCUT2D eigenvalue weighted by atomic mass is 9.72. The highest BCUT2D eigenvalue weighted by atomic mass is 16.3. The quantitative estimate of drug-likeness (QED) is 0.539. The maximum Gasteiger partial charge on any atom is 0.123 e. The van der Waals surface area contributed by atoms with E-state index >= 15 is 0 Å². The number of rotatable bonds is 5. The molecule has 0 radical (unpaired) electrons. The average molecular weight is 376 g/mol. The van der Waals surface area contributed by atoms with Crippen molar-refractivity contribution in [3.8, 4) is 17.2 Å². The third-order valence-corrected chi connectivity index (χ3v) is 5.64. The molecule has 0 heterocycles. The Balaban J connectivity index is 2.06. The molecular weight excluding hydrogens is 348 g/mol. The fraction of sp³-hybridized carbons (Fsp3) is 0.280. The highest BCUT2D eigenvalue weighted by Gasteiger charge is 2.33. The Labute approximate surface area is 166 Å². The lowest BCUT2D eigenvalue weighted by Crippen LogP contribution is -2.24. The first kappa shape index (κ1) is 19.8. The van der Waals surface area contributed by atoms with Crippen LogP contribution >= 0.6 is 0 Å². The van der Waals surface area contributed by atoms with Gasteiger partial charge >= 0.3 is 0 Å². The maximum absolute atomic E-state index is 11.2. The van der Waals surface area contributed by atoms with Crippen LogP contribution in [0.5, 0.6) is 17.2 Å². The molecule has 0 bridgehead atoms. The first-order chi connectivity index (χ1) is 13.1. The number of benzene rings is 3. The second kappa shape index (κ2) is 7.23. The molecule has 3 N–H and O–H groups in total. The molecule has 3 aromatic rings. The van der Waals surface area contributed by atoms with Gasteiger partial charge in [-0.2, -0.15) is 0 Å². The topological polar surface area (TPSA) is 60.7 Å². The van der Waals surface area contributed by atoms with Crippen LogP contribution in [0.3, 0.4) is 0 Å². The Bertz CT molecular complexity index is 987. The SMILES string of the molecule is CC(C)(Cc1ccccc1O)c1cccc(C(C)(C)c2ccccc2O)c1O.